The molecule has 1 saturated heterocycles. The van der Waals surface area contributed by atoms with Crippen molar-refractivity contribution in [1.29, 1.82) is 0 Å². The van der Waals surface area contributed by atoms with Gasteiger partial charge >= 0.3 is 5.97 Å². The third-order valence-electron chi connectivity index (χ3n) is 3.03. The van der Waals surface area contributed by atoms with E-state index >= 15 is 0 Å². The Bertz CT molecular complexity index is 381. The van der Waals surface area contributed by atoms with E-state index in [1.165, 1.54) is 12.8 Å². The molecule has 1 aromatic rings. The van der Waals surface area contributed by atoms with Gasteiger partial charge in [0, 0.05) is 13.1 Å². The molecule has 2 heterocycles. The van der Waals surface area contributed by atoms with Crippen LogP contribution >= 0.6 is 0 Å². The van der Waals surface area contributed by atoms with Gasteiger partial charge in [-0.25, -0.2) is 9.78 Å². The van der Waals surface area contributed by atoms with E-state index in [1.807, 2.05) is 6.92 Å². The van der Waals surface area contributed by atoms with Crippen molar-refractivity contribution in [3.8, 4) is 0 Å². The van der Waals surface area contributed by atoms with Crippen LogP contribution < -0.4 is 0 Å². The minimum Gasteiger partial charge on any atom is -0.475 e. The number of imidazole rings is 1. The molecule has 0 amide bonds. The highest BCUT2D eigenvalue weighted by atomic mass is 16.4. The van der Waals surface area contributed by atoms with Crippen LogP contribution in [0.2, 0.25) is 0 Å². The molecular weight excluding hydrogens is 206 g/mol. The van der Waals surface area contributed by atoms with Crippen molar-refractivity contribution in [3.05, 3.63) is 17.7 Å². The summed E-state index contributed by atoms with van der Waals surface area (Å²) >= 11 is 0. The van der Waals surface area contributed by atoms with Gasteiger partial charge in [0.05, 0.1) is 11.9 Å². The average Bonchev–Trinajstić information content (AvgIpc) is 2.87. The molecule has 1 N–H and O–H groups in total. The van der Waals surface area contributed by atoms with Crippen molar-refractivity contribution in [3.63, 3.8) is 0 Å². The summed E-state index contributed by atoms with van der Waals surface area (Å²) in [6, 6.07) is 0. The molecule has 0 aliphatic carbocycles. The van der Waals surface area contributed by atoms with Gasteiger partial charge in [0.2, 0.25) is 5.82 Å². The highest BCUT2D eigenvalue weighted by Crippen LogP contribution is 2.14. The van der Waals surface area contributed by atoms with Gasteiger partial charge in [-0.05, 0) is 32.9 Å². The van der Waals surface area contributed by atoms with Gasteiger partial charge < -0.3 is 9.67 Å². The summed E-state index contributed by atoms with van der Waals surface area (Å²) in [7, 11) is 0. The number of hydrogen-bond acceptors (Lipinski definition) is 3. The van der Waals surface area contributed by atoms with E-state index in [4.69, 9.17) is 5.11 Å². The van der Waals surface area contributed by atoms with E-state index in [2.05, 4.69) is 9.88 Å². The van der Waals surface area contributed by atoms with E-state index < -0.39 is 5.97 Å². The zero-order chi connectivity index (χ0) is 11.5. The molecule has 16 heavy (non-hydrogen) atoms. The van der Waals surface area contributed by atoms with Crippen molar-refractivity contribution in [2.75, 3.05) is 13.1 Å². The largest absolute Gasteiger partial charge is 0.475 e. The summed E-state index contributed by atoms with van der Waals surface area (Å²) in [5.41, 5.74) is 1.00. The Morgan fingerprint density at radius 3 is 2.75 bits per heavy atom. The van der Waals surface area contributed by atoms with Crippen LogP contribution in [0.5, 0.6) is 0 Å². The Morgan fingerprint density at radius 1 is 1.50 bits per heavy atom. The molecule has 0 unspecified atom stereocenters. The fraction of sp³-hybridized carbons (Fsp3) is 0.636. The number of aromatic nitrogens is 2. The van der Waals surface area contributed by atoms with Crippen LogP contribution in [0.25, 0.3) is 0 Å². The van der Waals surface area contributed by atoms with Crippen LogP contribution in [0.4, 0.5) is 0 Å². The third kappa shape index (κ3) is 2.09. The molecule has 1 aliphatic heterocycles. The lowest BCUT2D eigenvalue weighted by molar-refractivity contribution is 0.0677. The first-order valence-electron chi connectivity index (χ1n) is 5.72. The zero-order valence-corrected chi connectivity index (χ0v) is 9.52. The summed E-state index contributed by atoms with van der Waals surface area (Å²) in [6.45, 7) is 5.63. The molecule has 0 spiro atoms. The summed E-state index contributed by atoms with van der Waals surface area (Å²) in [6.07, 6.45) is 4.17. The highest BCUT2D eigenvalue weighted by molar-refractivity contribution is 5.83. The summed E-state index contributed by atoms with van der Waals surface area (Å²) in [5.74, 6) is -0.800. The SMILES string of the molecule is CCn1c(CN2CCCC2)cnc1C(=O)O. The van der Waals surface area contributed by atoms with Gasteiger partial charge in [-0.2, -0.15) is 0 Å². The van der Waals surface area contributed by atoms with Crippen molar-refractivity contribution in [1.82, 2.24) is 14.5 Å². The summed E-state index contributed by atoms with van der Waals surface area (Å²) in [4.78, 5) is 17.2. The molecule has 1 aromatic heterocycles. The van der Waals surface area contributed by atoms with Gasteiger partial charge in [-0.3, -0.25) is 4.90 Å². The zero-order valence-electron chi connectivity index (χ0n) is 9.52. The van der Waals surface area contributed by atoms with Crippen LogP contribution in [-0.4, -0.2) is 38.6 Å². The minimum atomic E-state index is -0.950. The normalized spacial score (nSPS) is 16.8. The third-order valence-corrected chi connectivity index (χ3v) is 3.03. The van der Waals surface area contributed by atoms with Crippen LogP contribution in [0.15, 0.2) is 6.20 Å². The molecule has 88 valence electrons. The van der Waals surface area contributed by atoms with E-state index in [0.29, 0.717) is 6.54 Å². The standard InChI is InChI=1S/C11H17N3O2/c1-2-14-9(7-12-10(14)11(15)16)8-13-5-3-4-6-13/h7H,2-6,8H2,1H3,(H,15,16). The number of aromatic carboxylic acids is 1. The molecule has 2 rings (SSSR count). The summed E-state index contributed by atoms with van der Waals surface area (Å²) < 4.78 is 1.78. The molecule has 5 nitrogen and oxygen atoms in total. The maximum Gasteiger partial charge on any atom is 0.372 e. The second-order valence-corrected chi connectivity index (χ2v) is 4.11. The Labute approximate surface area is 94.7 Å². The maximum atomic E-state index is 10.9. The molecule has 0 saturated carbocycles. The number of likely N-dealkylation sites (tertiary alicyclic amines) is 1. The topological polar surface area (TPSA) is 58.4 Å². The lowest BCUT2D eigenvalue weighted by atomic mass is 10.4. The van der Waals surface area contributed by atoms with Crippen LogP contribution in [0.3, 0.4) is 0 Å². The molecule has 1 fully saturated rings. The van der Waals surface area contributed by atoms with Gasteiger partial charge in [-0.1, -0.05) is 0 Å². The fourth-order valence-corrected chi connectivity index (χ4v) is 2.23. The van der Waals surface area contributed by atoms with E-state index in [9.17, 15) is 4.79 Å². The predicted molar refractivity (Wildman–Crippen MR) is 59.4 cm³/mol. The molecule has 0 bridgehead atoms. The summed E-state index contributed by atoms with van der Waals surface area (Å²) in [5, 5.41) is 8.97. The van der Waals surface area contributed by atoms with Crippen LogP contribution in [0.1, 0.15) is 36.1 Å². The second-order valence-electron chi connectivity index (χ2n) is 4.11. The van der Waals surface area contributed by atoms with Crippen molar-refractivity contribution in [2.45, 2.75) is 32.9 Å². The van der Waals surface area contributed by atoms with Crippen LogP contribution in [-0.2, 0) is 13.1 Å². The smallest absolute Gasteiger partial charge is 0.372 e. The fourth-order valence-electron chi connectivity index (χ4n) is 2.23. The number of carboxylic acids is 1. The van der Waals surface area contributed by atoms with Gasteiger partial charge in [0.15, 0.2) is 0 Å². The van der Waals surface area contributed by atoms with Crippen LogP contribution in [0, 0.1) is 0 Å². The molecular formula is C11H17N3O2. The van der Waals surface area contributed by atoms with Crippen molar-refractivity contribution < 1.29 is 9.90 Å². The second kappa shape index (κ2) is 4.65. The van der Waals surface area contributed by atoms with Gasteiger partial charge in [0.25, 0.3) is 0 Å². The first-order valence-corrected chi connectivity index (χ1v) is 5.72. The highest BCUT2D eigenvalue weighted by Gasteiger charge is 2.18. The Hall–Kier alpha value is -1.36. The number of carboxylic acid groups (broad SMARTS) is 1. The predicted octanol–water partition coefficient (Wildman–Crippen LogP) is 1.20. The molecule has 0 radical (unpaired) electrons. The first-order chi connectivity index (χ1) is 7.72. The molecule has 0 aromatic carbocycles. The number of nitrogens with zero attached hydrogens (tertiary/aromatic N) is 3. The molecule has 1 aliphatic rings. The lowest BCUT2D eigenvalue weighted by Gasteiger charge is -2.15. The Kier molecular flexibility index (Phi) is 3.24. The Morgan fingerprint density at radius 2 is 2.19 bits per heavy atom. The minimum absolute atomic E-state index is 0.150. The Balaban J connectivity index is 2.16. The molecule has 0 atom stereocenters. The first kappa shape index (κ1) is 11.1. The van der Waals surface area contributed by atoms with Gasteiger partial charge in [-0.15, -0.1) is 0 Å². The van der Waals surface area contributed by atoms with Crippen molar-refractivity contribution >= 4 is 5.97 Å². The quantitative estimate of drug-likeness (QED) is 0.833. The van der Waals surface area contributed by atoms with E-state index in [-0.39, 0.29) is 5.82 Å². The number of hydrogen-bond donors (Lipinski definition) is 1. The number of carbonyl (C=O) groups is 1. The molecule has 5 heteroatoms. The number of rotatable bonds is 4. The monoisotopic (exact) mass is 223 g/mol. The van der Waals surface area contributed by atoms with Gasteiger partial charge in [0.1, 0.15) is 0 Å². The lowest BCUT2D eigenvalue weighted by Crippen LogP contribution is -2.21. The van der Waals surface area contributed by atoms with E-state index in [0.717, 1.165) is 25.3 Å². The maximum absolute atomic E-state index is 10.9. The van der Waals surface area contributed by atoms with Crippen molar-refractivity contribution in [2.24, 2.45) is 0 Å². The van der Waals surface area contributed by atoms with E-state index in [1.54, 1.807) is 10.8 Å². The average molecular weight is 223 g/mol.